The summed E-state index contributed by atoms with van der Waals surface area (Å²) in [5.41, 5.74) is 5.29. The normalized spacial score (nSPS) is 33.0. The molecule has 1 aromatic carbocycles. The maximum absolute atomic E-state index is 2.54. The highest BCUT2D eigenvalue weighted by atomic mass is 14.6. The van der Waals surface area contributed by atoms with Crippen molar-refractivity contribution in [2.24, 2.45) is 11.3 Å². The highest BCUT2D eigenvalue weighted by molar-refractivity contribution is 5.79. The average molecular weight is 236 g/mol. The lowest BCUT2D eigenvalue weighted by Gasteiger charge is -2.27. The van der Waals surface area contributed by atoms with E-state index in [4.69, 9.17) is 0 Å². The largest absolute Gasteiger partial charge is 0.0801 e. The first-order chi connectivity index (χ1) is 8.75. The van der Waals surface area contributed by atoms with Crippen LogP contribution in [0.2, 0.25) is 0 Å². The van der Waals surface area contributed by atoms with Gasteiger partial charge in [0.15, 0.2) is 0 Å². The fraction of sp³-hybridized carbons (Fsp3) is 0.444. The Labute approximate surface area is 109 Å². The van der Waals surface area contributed by atoms with Crippen LogP contribution in [0.4, 0.5) is 0 Å². The van der Waals surface area contributed by atoms with Crippen molar-refractivity contribution >= 4 is 11.1 Å². The molecule has 0 nitrogen and oxygen atoms in total. The number of allylic oxidation sites excluding steroid dienone is 2. The Balaban J connectivity index is 2.14. The molecule has 4 rings (SSSR count). The molecule has 0 amide bonds. The fourth-order valence-corrected chi connectivity index (χ4v) is 4.47. The Morgan fingerprint density at radius 3 is 2.72 bits per heavy atom. The van der Waals surface area contributed by atoms with Crippen molar-refractivity contribution in [3.8, 4) is 0 Å². The van der Waals surface area contributed by atoms with Gasteiger partial charge in [-0.15, -0.1) is 0 Å². The molecule has 1 spiro atoms. The predicted octanol–water partition coefficient (Wildman–Crippen LogP) is 3.16. The van der Waals surface area contributed by atoms with Crippen LogP contribution >= 0.6 is 0 Å². The van der Waals surface area contributed by atoms with Crippen molar-refractivity contribution in [3.63, 3.8) is 0 Å². The second-order valence-electron chi connectivity index (χ2n) is 6.22. The van der Waals surface area contributed by atoms with Crippen LogP contribution in [0.1, 0.15) is 39.5 Å². The molecule has 0 heteroatoms. The molecule has 0 aliphatic heterocycles. The minimum absolute atomic E-state index is 0.439. The number of rotatable bonds is 0. The van der Waals surface area contributed by atoms with Gasteiger partial charge in [0.25, 0.3) is 0 Å². The number of benzene rings is 1. The van der Waals surface area contributed by atoms with Crippen LogP contribution in [0.25, 0.3) is 11.1 Å². The molecule has 0 radical (unpaired) electrons. The van der Waals surface area contributed by atoms with Crippen LogP contribution in [0.15, 0.2) is 35.9 Å². The van der Waals surface area contributed by atoms with Gasteiger partial charge in [-0.25, -0.2) is 0 Å². The first-order valence-corrected chi connectivity index (χ1v) is 7.23. The van der Waals surface area contributed by atoms with Gasteiger partial charge in [0, 0.05) is 5.41 Å². The van der Waals surface area contributed by atoms with Crippen molar-refractivity contribution in [2.45, 2.75) is 39.5 Å². The monoisotopic (exact) mass is 236 g/mol. The molecule has 18 heavy (non-hydrogen) atoms. The summed E-state index contributed by atoms with van der Waals surface area (Å²) >= 11 is 0. The van der Waals surface area contributed by atoms with E-state index in [9.17, 15) is 0 Å². The van der Waals surface area contributed by atoms with Gasteiger partial charge in [0.05, 0.1) is 0 Å². The minimum atomic E-state index is 0.439. The zero-order valence-corrected chi connectivity index (χ0v) is 11.3. The fourth-order valence-electron chi connectivity index (χ4n) is 4.47. The molecule has 1 aromatic rings. The predicted molar refractivity (Wildman–Crippen MR) is 76.3 cm³/mol. The Bertz CT molecular complexity index is 674. The maximum atomic E-state index is 2.54. The number of hydrogen-bond donors (Lipinski definition) is 0. The van der Waals surface area contributed by atoms with E-state index >= 15 is 0 Å². The smallest absolute Gasteiger partial charge is 0.0199 e. The molecule has 3 aliphatic carbocycles. The summed E-state index contributed by atoms with van der Waals surface area (Å²) in [6.07, 6.45) is 8.03. The van der Waals surface area contributed by atoms with Crippen LogP contribution in [0.3, 0.4) is 0 Å². The van der Waals surface area contributed by atoms with Crippen LogP contribution < -0.4 is 10.4 Å². The van der Waals surface area contributed by atoms with Gasteiger partial charge in [-0.2, -0.15) is 0 Å². The van der Waals surface area contributed by atoms with E-state index in [1.807, 2.05) is 0 Å². The molecule has 1 fully saturated rings. The van der Waals surface area contributed by atoms with Crippen molar-refractivity contribution in [3.05, 3.63) is 46.4 Å². The molecular weight excluding hydrogens is 216 g/mol. The summed E-state index contributed by atoms with van der Waals surface area (Å²) in [5, 5.41) is 2.98. The summed E-state index contributed by atoms with van der Waals surface area (Å²) < 4.78 is 0. The number of hydrogen-bond acceptors (Lipinski definition) is 0. The molecule has 1 saturated carbocycles. The van der Waals surface area contributed by atoms with Crippen LogP contribution in [-0.2, 0) is 0 Å². The van der Waals surface area contributed by atoms with Gasteiger partial charge in [-0.1, -0.05) is 35.9 Å². The zero-order valence-electron chi connectivity index (χ0n) is 11.3. The summed E-state index contributed by atoms with van der Waals surface area (Å²) in [6.45, 7) is 4.71. The lowest BCUT2D eigenvalue weighted by atomic mass is 9.77. The lowest BCUT2D eigenvalue weighted by Crippen LogP contribution is -2.36. The Morgan fingerprint density at radius 2 is 1.89 bits per heavy atom. The Kier molecular flexibility index (Phi) is 1.99. The molecule has 0 N–H and O–H groups in total. The van der Waals surface area contributed by atoms with Gasteiger partial charge in [0.2, 0.25) is 0 Å². The topological polar surface area (TPSA) is 0 Å². The molecule has 0 bridgehead atoms. The quantitative estimate of drug-likeness (QED) is 0.649. The average Bonchev–Trinajstić information content (AvgIpc) is 3.11. The van der Waals surface area contributed by atoms with Gasteiger partial charge in [-0.3, -0.25) is 0 Å². The van der Waals surface area contributed by atoms with E-state index in [2.05, 4.69) is 44.2 Å². The summed E-state index contributed by atoms with van der Waals surface area (Å²) in [7, 11) is 0. The first-order valence-electron chi connectivity index (χ1n) is 7.23. The van der Waals surface area contributed by atoms with Gasteiger partial charge < -0.3 is 0 Å². The summed E-state index contributed by atoms with van der Waals surface area (Å²) in [4.78, 5) is 0. The molecule has 2 atom stereocenters. The van der Waals surface area contributed by atoms with E-state index in [1.54, 1.807) is 16.7 Å². The Morgan fingerprint density at radius 1 is 1.11 bits per heavy atom. The van der Waals surface area contributed by atoms with E-state index in [-0.39, 0.29) is 0 Å². The van der Waals surface area contributed by atoms with Crippen molar-refractivity contribution < 1.29 is 0 Å². The maximum Gasteiger partial charge on any atom is 0.0199 e. The van der Waals surface area contributed by atoms with E-state index < -0.39 is 0 Å². The summed E-state index contributed by atoms with van der Waals surface area (Å²) in [6, 6.07) is 8.98. The van der Waals surface area contributed by atoms with E-state index in [0.29, 0.717) is 5.41 Å². The third kappa shape index (κ3) is 1.12. The third-order valence-electron chi connectivity index (χ3n) is 5.50. The molecule has 0 saturated heterocycles. The standard InChI is InChI=1S/C18H20/c1-12-15-8-4-5-9-16(15)13(2)18-11-14(18)7-3-6-10-17(12)18/h4-5,8-10,14H,3,6-7,11H2,1-2H3. The SMILES string of the molecule is CC1=c2ccccc2=C(C)C23CC2CCCC=C13. The van der Waals surface area contributed by atoms with E-state index in [0.717, 1.165) is 5.92 Å². The van der Waals surface area contributed by atoms with Gasteiger partial charge in [0.1, 0.15) is 0 Å². The van der Waals surface area contributed by atoms with Crippen LogP contribution in [-0.4, -0.2) is 0 Å². The molecule has 2 unspecified atom stereocenters. The second-order valence-corrected chi connectivity index (χ2v) is 6.22. The lowest BCUT2D eigenvalue weighted by molar-refractivity contribution is 0.618. The molecule has 0 heterocycles. The number of fused-ring (bicyclic) bond motifs is 1. The second kappa shape index (κ2) is 3.38. The van der Waals surface area contributed by atoms with Crippen molar-refractivity contribution in [1.29, 1.82) is 0 Å². The van der Waals surface area contributed by atoms with Gasteiger partial charge >= 0.3 is 0 Å². The third-order valence-corrected chi connectivity index (χ3v) is 5.50. The van der Waals surface area contributed by atoms with E-state index in [1.165, 1.54) is 36.1 Å². The molecule has 3 aliphatic rings. The minimum Gasteiger partial charge on any atom is -0.0801 e. The van der Waals surface area contributed by atoms with Crippen LogP contribution in [0.5, 0.6) is 0 Å². The zero-order chi connectivity index (χ0) is 12.3. The van der Waals surface area contributed by atoms with Gasteiger partial charge in [-0.05, 0) is 67.0 Å². The van der Waals surface area contributed by atoms with Crippen molar-refractivity contribution in [1.82, 2.24) is 0 Å². The molecular formula is C18H20. The van der Waals surface area contributed by atoms with Crippen LogP contribution in [0, 0.1) is 11.3 Å². The highest BCUT2D eigenvalue weighted by Crippen LogP contribution is 2.67. The summed E-state index contributed by atoms with van der Waals surface area (Å²) in [5.74, 6) is 0.926. The Hall–Kier alpha value is -1.30. The highest BCUT2D eigenvalue weighted by Gasteiger charge is 2.58. The van der Waals surface area contributed by atoms with Crippen molar-refractivity contribution in [2.75, 3.05) is 0 Å². The first kappa shape index (κ1) is 10.6. The molecule has 92 valence electrons. The molecule has 0 aromatic heterocycles.